The first kappa shape index (κ1) is 14.3. The molecule has 17 heavy (non-hydrogen) atoms. The number of carbonyl (C=O) groups excluding carboxylic acids is 1. The molecule has 0 aromatic carbocycles. The predicted octanol–water partition coefficient (Wildman–Crippen LogP) is 2.55. The molecule has 0 spiro atoms. The van der Waals surface area contributed by atoms with E-state index in [2.05, 4.69) is 16.9 Å². The number of hydrogen-bond donors (Lipinski definition) is 0. The molecule has 0 bridgehead atoms. The van der Waals surface area contributed by atoms with Crippen LogP contribution in [-0.4, -0.2) is 34.0 Å². The lowest BCUT2D eigenvalue weighted by atomic mass is 10.5. The van der Waals surface area contributed by atoms with Crippen molar-refractivity contribution in [2.45, 2.75) is 31.0 Å². The van der Waals surface area contributed by atoms with Gasteiger partial charge in [0.1, 0.15) is 5.03 Å². The fourth-order valence-corrected chi connectivity index (χ4v) is 2.56. The van der Waals surface area contributed by atoms with E-state index in [1.807, 2.05) is 13.0 Å². The van der Waals surface area contributed by atoms with Crippen LogP contribution in [0.3, 0.4) is 0 Å². The SMILES string of the molecule is CCOC(=O)CSc1cc(C)nc(SCC)n1. The van der Waals surface area contributed by atoms with Gasteiger partial charge >= 0.3 is 5.97 Å². The molecular weight excluding hydrogens is 256 g/mol. The number of thioether (sulfide) groups is 2. The van der Waals surface area contributed by atoms with E-state index in [4.69, 9.17) is 4.74 Å². The molecule has 0 aliphatic rings. The Hall–Kier alpha value is -0.750. The highest BCUT2D eigenvalue weighted by Crippen LogP contribution is 2.20. The molecule has 0 amide bonds. The molecule has 0 radical (unpaired) electrons. The van der Waals surface area contributed by atoms with Gasteiger partial charge in [0.15, 0.2) is 5.16 Å². The van der Waals surface area contributed by atoms with Gasteiger partial charge in [-0.3, -0.25) is 4.79 Å². The maximum Gasteiger partial charge on any atom is 0.316 e. The summed E-state index contributed by atoms with van der Waals surface area (Å²) in [5, 5.41) is 1.58. The van der Waals surface area contributed by atoms with Crippen LogP contribution in [0.4, 0.5) is 0 Å². The zero-order valence-electron chi connectivity index (χ0n) is 10.2. The van der Waals surface area contributed by atoms with Gasteiger partial charge in [-0.15, -0.1) is 0 Å². The minimum absolute atomic E-state index is 0.210. The largest absolute Gasteiger partial charge is 0.465 e. The van der Waals surface area contributed by atoms with Gasteiger partial charge in [-0.1, -0.05) is 30.4 Å². The number of aryl methyl sites for hydroxylation is 1. The van der Waals surface area contributed by atoms with E-state index in [-0.39, 0.29) is 5.97 Å². The van der Waals surface area contributed by atoms with Crippen molar-refractivity contribution in [3.8, 4) is 0 Å². The van der Waals surface area contributed by atoms with Crippen LogP contribution in [0.15, 0.2) is 16.2 Å². The summed E-state index contributed by atoms with van der Waals surface area (Å²) < 4.78 is 4.86. The normalized spacial score (nSPS) is 10.3. The van der Waals surface area contributed by atoms with Crippen molar-refractivity contribution in [3.63, 3.8) is 0 Å². The second-order valence-electron chi connectivity index (χ2n) is 3.16. The molecule has 0 saturated carbocycles. The molecule has 4 nitrogen and oxygen atoms in total. The molecule has 0 saturated heterocycles. The molecule has 0 N–H and O–H groups in total. The number of nitrogens with zero attached hydrogens (tertiary/aromatic N) is 2. The first-order chi connectivity index (χ1) is 8.15. The highest BCUT2D eigenvalue weighted by Gasteiger charge is 2.07. The molecule has 0 unspecified atom stereocenters. The number of esters is 1. The van der Waals surface area contributed by atoms with Gasteiger partial charge in [-0.25, -0.2) is 9.97 Å². The van der Waals surface area contributed by atoms with Crippen molar-refractivity contribution in [1.82, 2.24) is 9.97 Å². The summed E-state index contributed by atoms with van der Waals surface area (Å²) in [6.07, 6.45) is 0. The lowest BCUT2D eigenvalue weighted by Crippen LogP contribution is -2.07. The van der Waals surface area contributed by atoms with Crippen molar-refractivity contribution in [2.75, 3.05) is 18.1 Å². The molecule has 1 rings (SSSR count). The molecule has 1 aromatic rings. The summed E-state index contributed by atoms with van der Waals surface area (Å²) in [6, 6.07) is 1.88. The lowest BCUT2D eigenvalue weighted by Gasteiger charge is -2.04. The third-order valence-electron chi connectivity index (χ3n) is 1.73. The van der Waals surface area contributed by atoms with Crippen LogP contribution in [-0.2, 0) is 9.53 Å². The molecule has 0 atom stereocenters. The predicted molar refractivity (Wildman–Crippen MR) is 70.5 cm³/mol. The molecule has 94 valence electrons. The molecule has 6 heteroatoms. The number of rotatable bonds is 6. The average Bonchev–Trinajstić information content (AvgIpc) is 2.26. The fourth-order valence-electron chi connectivity index (χ4n) is 1.12. The summed E-state index contributed by atoms with van der Waals surface area (Å²) in [5.41, 5.74) is 0.919. The maximum atomic E-state index is 11.2. The Kier molecular flexibility index (Phi) is 6.36. The number of carbonyl (C=O) groups is 1. The van der Waals surface area contributed by atoms with Crippen LogP contribution in [0.5, 0.6) is 0 Å². The first-order valence-electron chi connectivity index (χ1n) is 5.42. The Balaban J connectivity index is 2.61. The van der Waals surface area contributed by atoms with Crippen molar-refractivity contribution >= 4 is 29.5 Å². The topological polar surface area (TPSA) is 52.1 Å². The van der Waals surface area contributed by atoms with Gasteiger partial charge in [0, 0.05) is 5.69 Å². The Morgan fingerprint density at radius 2 is 2.12 bits per heavy atom. The standard InChI is InChI=1S/C11H16N2O2S2/c1-4-15-10(14)7-17-9-6-8(3)12-11(13-9)16-5-2/h6H,4-5,7H2,1-3H3. The van der Waals surface area contributed by atoms with Crippen molar-refractivity contribution in [3.05, 3.63) is 11.8 Å². The summed E-state index contributed by atoms with van der Waals surface area (Å²) in [6.45, 7) is 6.20. The molecule has 0 aliphatic carbocycles. The van der Waals surface area contributed by atoms with Gasteiger partial charge in [-0.05, 0) is 25.7 Å². The van der Waals surface area contributed by atoms with Gasteiger partial charge in [0.25, 0.3) is 0 Å². The van der Waals surface area contributed by atoms with Gasteiger partial charge < -0.3 is 4.74 Å². The fraction of sp³-hybridized carbons (Fsp3) is 0.545. The molecule has 1 aromatic heterocycles. The van der Waals surface area contributed by atoms with Crippen LogP contribution in [0.2, 0.25) is 0 Å². The summed E-state index contributed by atoms with van der Waals surface area (Å²) in [5.74, 6) is 1.02. The van der Waals surface area contributed by atoms with Gasteiger partial charge in [0.05, 0.1) is 12.4 Å². The van der Waals surface area contributed by atoms with Crippen molar-refractivity contribution in [1.29, 1.82) is 0 Å². The van der Waals surface area contributed by atoms with E-state index in [1.54, 1.807) is 18.7 Å². The van der Waals surface area contributed by atoms with Crippen LogP contribution < -0.4 is 0 Å². The number of ether oxygens (including phenoxy) is 1. The maximum absolute atomic E-state index is 11.2. The zero-order valence-corrected chi connectivity index (χ0v) is 11.9. The Morgan fingerprint density at radius 1 is 1.35 bits per heavy atom. The highest BCUT2D eigenvalue weighted by molar-refractivity contribution is 8.00. The zero-order chi connectivity index (χ0) is 12.7. The average molecular weight is 272 g/mol. The molecule has 1 heterocycles. The summed E-state index contributed by atoms with van der Waals surface area (Å²) in [4.78, 5) is 19.9. The van der Waals surface area contributed by atoms with Crippen LogP contribution in [0.25, 0.3) is 0 Å². The third kappa shape index (κ3) is 5.41. The number of aromatic nitrogens is 2. The van der Waals surface area contributed by atoms with Crippen LogP contribution >= 0.6 is 23.5 Å². The van der Waals surface area contributed by atoms with E-state index >= 15 is 0 Å². The Bertz CT molecular complexity index is 386. The van der Waals surface area contributed by atoms with E-state index in [9.17, 15) is 4.79 Å². The highest BCUT2D eigenvalue weighted by atomic mass is 32.2. The lowest BCUT2D eigenvalue weighted by molar-refractivity contribution is -0.139. The van der Waals surface area contributed by atoms with Crippen molar-refractivity contribution < 1.29 is 9.53 Å². The third-order valence-corrected chi connectivity index (χ3v) is 3.34. The second-order valence-corrected chi connectivity index (χ2v) is 5.38. The minimum atomic E-state index is -0.210. The van der Waals surface area contributed by atoms with Gasteiger partial charge in [-0.2, -0.15) is 0 Å². The quantitative estimate of drug-likeness (QED) is 0.343. The van der Waals surface area contributed by atoms with Crippen LogP contribution in [0.1, 0.15) is 19.5 Å². The summed E-state index contributed by atoms with van der Waals surface area (Å²) >= 11 is 2.98. The molecular formula is C11H16N2O2S2. The van der Waals surface area contributed by atoms with E-state index < -0.39 is 0 Å². The van der Waals surface area contributed by atoms with Gasteiger partial charge in [0.2, 0.25) is 0 Å². The Morgan fingerprint density at radius 3 is 2.76 bits per heavy atom. The second kappa shape index (κ2) is 7.55. The number of hydrogen-bond acceptors (Lipinski definition) is 6. The minimum Gasteiger partial charge on any atom is -0.465 e. The first-order valence-corrected chi connectivity index (χ1v) is 7.39. The van der Waals surface area contributed by atoms with E-state index in [1.165, 1.54) is 11.8 Å². The van der Waals surface area contributed by atoms with E-state index in [0.29, 0.717) is 12.4 Å². The van der Waals surface area contributed by atoms with Crippen molar-refractivity contribution in [2.24, 2.45) is 0 Å². The molecule has 0 aliphatic heterocycles. The van der Waals surface area contributed by atoms with E-state index in [0.717, 1.165) is 21.6 Å². The Labute approximate surface area is 110 Å². The van der Waals surface area contributed by atoms with Crippen LogP contribution in [0, 0.1) is 6.92 Å². The molecule has 0 fully saturated rings. The monoisotopic (exact) mass is 272 g/mol. The smallest absolute Gasteiger partial charge is 0.316 e. The summed E-state index contributed by atoms with van der Waals surface area (Å²) in [7, 11) is 0.